The van der Waals surface area contributed by atoms with Gasteiger partial charge in [-0.2, -0.15) is 0 Å². The molecule has 0 fully saturated rings. The first-order valence-electron chi connectivity index (χ1n) is 5.78. The Morgan fingerprint density at radius 3 is 2.53 bits per heavy atom. The van der Waals surface area contributed by atoms with Crippen molar-refractivity contribution < 1.29 is 0 Å². The third-order valence-electron chi connectivity index (χ3n) is 3.17. The molecule has 2 aromatic rings. The van der Waals surface area contributed by atoms with Crippen LogP contribution < -0.4 is 5.56 Å². The summed E-state index contributed by atoms with van der Waals surface area (Å²) in [6.07, 6.45) is 0. The van der Waals surface area contributed by atoms with E-state index in [-0.39, 0.29) is 11.0 Å². The number of nitrogens with zero attached hydrogens (tertiary/aromatic N) is 2. The highest BCUT2D eigenvalue weighted by atomic mass is 16.1. The molecule has 1 heterocycles. The summed E-state index contributed by atoms with van der Waals surface area (Å²) in [5.41, 5.74) is 2.01. The molecule has 3 nitrogen and oxygen atoms in total. The van der Waals surface area contributed by atoms with Gasteiger partial charge in [0.1, 0.15) is 0 Å². The number of rotatable bonds is 0. The van der Waals surface area contributed by atoms with E-state index < -0.39 is 0 Å². The molecule has 0 aliphatic heterocycles. The first-order valence-corrected chi connectivity index (χ1v) is 5.78. The van der Waals surface area contributed by atoms with Crippen molar-refractivity contribution in [2.45, 2.75) is 33.1 Å². The normalized spacial score (nSPS) is 12.0. The highest BCUT2D eigenvalue weighted by Crippen LogP contribution is 2.24. The standard InChI is InChI=1S/C13H17BN2O/c1-8-15-11-6-5-9(13(2,3)4)7-10(11)12(17)16(8)14/h5-7H,14H2,1-4H3. The first kappa shape index (κ1) is 11.9. The minimum atomic E-state index is 0.0265. The van der Waals surface area contributed by atoms with Crippen LogP contribution in [0.4, 0.5) is 0 Å². The summed E-state index contributed by atoms with van der Waals surface area (Å²) >= 11 is 0. The average Bonchev–Trinajstić information content (AvgIpc) is 2.24. The number of aromatic nitrogens is 2. The molecule has 0 spiro atoms. The number of hydrogen-bond acceptors (Lipinski definition) is 2. The maximum Gasteiger partial charge on any atom is 0.248 e. The first-order chi connectivity index (χ1) is 7.80. The van der Waals surface area contributed by atoms with Crippen LogP contribution in [-0.4, -0.2) is 17.4 Å². The molecule has 0 bridgehead atoms. The monoisotopic (exact) mass is 228 g/mol. The van der Waals surface area contributed by atoms with Crippen LogP contribution in [0.2, 0.25) is 0 Å². The van der Waals surface area contributed by atoms with Gasteiger partial charge >= 0.3 is 0 Å². The fraction of sp³-hybridized carbons (Fsp3) is 0.385. The van der Waals surface area contributed by atoms with Gasteiger partial charge in [-0.3, -0.25) is 4.79 Å². The number of benzene rings is 1. The summed E-state index contributed by atoms with van der Waals surface area (Å²) in [4.78, 5) is 16.6. The zero-order chi connectivity index (χ0) is 12.8. The van der Waals surface area contributed by atoms with Gasteiger partial charge in [-0.25, -0.2) is 4.98 Å². The maximum absolute atomic E-state index is 12.2. The van der Waals surface area contributed by atoms with Crippen molar-refractivity contribution in [1.29, 1.82) is 0 Å². The van der Waals surface area contributed by atoms with Crippen molar-refractivity contribution in [3.05, 3.63) is 39.9 Å². The molecule has 4 heteroatoms. The van der Waals surface area contributed by atoms with Gasteiger partial charge < -0.3 is 4.48 Å². The quantitative estimate of drug-likeness (QED) is 0.639. The zero-order valence-corrected chi connectivity index (χ0v) is 11.0. The summed E-state index contributed by atoms with van der Waals surface area (Å²) in [5, 5.41) is 0.700. The van der Waals surface area contributed by atoms with Crippen LogP contribution in [0.5, 0.6) is 0 Å². The van der Waals surface area contributed by atoms with E-state index in [1.807, 2.05) is 25.1 Å². The molecule has 2 rings (SSSR count). The summed E-state index contributed by atoms with van der Waals surface area (Å²) < 4.78 is 1.59. The van der Waals surface area contributed by atoms with E-state index in [1.54, 1.807) is 12.5 Å². The van der Waals surface area contributed by atoms with Gasteiger partial charge in [-0.15, -0.1) is 0 Å². The molecule has 1 aromatic carbocycles. The van der Waals surface area contributed by atoms with Gasteiger partial charge in [0.05, 0.1) is 16.7 Å². The summed E-state index contributed by atoms with van der Waals surface area (Å²) in [6.45, 7) is 8.26. The second kappa shape index (κ2) is 3.72. The van der Waals surface area contributed by atoms with Crippen LogP contribution >= 0.6 is 0 Å². The Hall–Kier alpha value is -1.58. The van der Waals surface area contributed by atoms with Crippen LogP contribution in [0, 0.1) is 6.92 Å². The Morgan fingerprint density at radius 1 is 1.29 bits per heavy atom. The molecular weight excluding hydrogens is 211 g/mol. The fourth-order valence-corrected chi connectivity index (χ4v) is 1.85. The van der Waals surface area contributed by atoms with E-state index in [9.17, 15) is 4.79 Å². The molecule has 0 unspecified atom stereocenters. The third kappa shape index (κ3) is 1.99. The molecule has 17 heavy (non-hydrogen) atoms. The van der Waals surface area contributed by atoms with E-state index >= 15 is 0 Å². The average molecular weight is 228 g/mol. The van der Waals surface area contributed by atoms with Crippen molar-refractivity contribution in [1.82, 2.24) is 9.46 Å². The molecule has 0 radical (unpaired) electrons. The SMILES string of the molecule is Bn1c(C)nc2ccc(C(C)(C)C)cc2c1=O. The van der Waals surface area contributed by atoms with Gasteiger partial charge in [0.25, 0.3) is 0 Å². The maximum atomic E-state index is 12.2. The van der Waals surface area contributed by atoms with Crippen LogP contribution in [0.25, 0.3) is 10.9 Å². The van der Waals surface area contributed by atoms with Crippen molar-refractivity contribution in [3.63, 3.8) is 0 Å². The second-order valence-corrected chi connectivity index (χ2v) is 5.51. The number of aryl methyl sites for hydroxylation is 1. The van der Waals surface area contributed by atoms with E-state index in [0.29, 0.717) is 5.39 Å². The molecule has 88 valence electrons. The lowest BCUT2D eigenvalue weighted by atomic mass is 9.86. The Balaban J connectivity index is 2.83. The van der Waals surface area contributed by atoms with E-state index in [1.165, 1.54) is 0 Å². The minimum absolute atomic E-state index is 0.0265. The molecule has 0 saturated heterocycles. The van der Waals surface area contributed by atoms with E-state index in [0.717, 1.165) is 16.9 Å². The lowest BCUT2D eigenvalue weighted by Gasteiger charge is -2.19. The summed E-state index contributed by atoms with van der Waals surface area (Å²) in [5.74, 6) is 0.742. The van der Waals surface area contributed by atoms with Gasteiger partial charge in [0, 0.05) is 0 Å². The Bertz CT molecular complexity index is 638. The molecule has 0 atom stereocenters. The largest absolute Gasteiger partial charge is 0.350 e. The van der Waals surface area contributed by atoms with Gasteiger partial charge in [-0.05, 0) is 30.0 Å². The fourth-order valence-electron chi connectivity index (χ4n) is 1.85. The number of fused-ring (bicyclic) bond motifs is 1. The highest BCUT2D eigenvalue weighted by molar-refractivity contribution is 6.07. The molecule has 0 aliphatic carbocycles. The Kier molecular flexibility index (Phi) is 2.61. The second-order valence-electron chi connectivity index (χ2n) is 5.51. The van der Waals surface area contributed by atoms with Crippen molar-refractivity contribution in [3.8, 4) is 0 Å². The molecular formula is C13H17BN2O. The van der Waals surface area contributed by atoms with Crippen molar-refractivity contribution in [2.24, 2.45) is 0 Å². The number of hydrogen-bond donors (Lipinski definition) is 0. The van der Waals surface area contributed by atoms with Crippen molar-refractivity contribution in [2.75, 3.05) is 0 Å². The lowest BCUT2D eigenvalue weighted by molar-refractivity contribution is 0.591. The Morgan fingerprint density at radius 2 is 1.94 bits per heavy atom. The molecule has 0 N–H and O–H groups in total. The predicted octanol–water partition coefficient (Wildman–Crippen LogP) is 1.40. The Labute approximate surface area is 102 Å². The van der Waals surface area contributed by atoms with Crippen LogP contribution in [0.1, 0.15) is 32.2 Å². The van der Waals surface area contributed by atoms with E-state index in [2.05, 4.69) is 25.8 Å². The highest BCUT2D eigenvalue weighted by Gasteiger charge is 2.15. The molecule has 1 aromatic heterocycles. The smallest absolute Gasteiger partial charge is 0.248 e. The van der Waals surface area contributed by atoms with Gasteiger partial charge in [0.2, 0.25) is 13.5 Å². The van der Waals surface area contributed by atoms with Gasteiger partial charge in [-0.1, -0.05) is 26.8 Å². The van der Waals surface area contributed by atoms with E-state index in [4.69, 9.17) is 0 Å². The lowest BCUT2D eigenvalue weighted by Crippen LogP contribution is -2.23. The van der Waals surface area contributed by atoms with Crippen LogP contribution in [0.3, 0.4) is 0 Å². The predicted molar refractivity (Wildman–Crippen MR) is 73.4 cm³/mol. The summed E-state index contributed by atoms with van der Waals surface area (Å²) in [6, 6.07) is 5.95. The molecule has 0 amide bonds. The van der Waals surface area contributed by atoms with Crippen molar-refractivity contribution >= 4 is 18.9 Å². The molecule has 0 aliphatic rings. The summed E-state index contributed by atoms with van der Waals surface area (Å²) in [7, 11) is 1.76. The van der Waals surface area contributed by atoms with Crippen LogP contribution in [0.15, 0.2) is 23.0 Å². The third-order valence-corrected chi connectivity index (χ3v) is 3.17. The topological polar surface area (TPSA) is 34.9 Å². The molecule has 0 saturated carbocycles. The van der Waals surface area contributed by atoms with Gasteiger partial charge in [0.15, 0.2) is 0 Å². The van der Waals surface area contributed by atoms with Crippen LogP contribution in [-0.2, 0) is 5.41 Å². The zero-order valence-electron chi connectivity index (χ0n) is 11.0. The minimum Gasteiger partial charge on any atom is -0.350 e.